The minimum atomic E-state index is -0.538. The second kappa shape index (κ2) is 10.1. The highest BCUT2D eigenvalue weighted by Crippen LogP contribution is 2.22. The van der Waals surface area contributed by atoms with Crippen molar-refractivity contribution in [1.29, 1.82) is 0 Å². The summed E-state index contributed by atoms with van der Waals surface area (Å²) < 4.78 is 0. The van der Waals surface area contributed by atoms with E-state index in [1.165, 1.54) is 0 Å². The first-order valence-corrected chi connectivity index (χ1v) is 7.97. The van der Waals surface area contributed by atoms with Crippen molar-refractivity contribution in [1.82, 2.24) is 10.6 Å². The summed E-state index contributed by atoms with van der Waals surface area (Å²) in [6.07, 6.45) is 7.29. The van der Waals surface area contributed by atoms with Crippen LogP contribution in [0, 0.1) is 10.8 Å². The van der Waals surface area contributed by atoms with Crippen LogP contribution in [0.3, 0.4) is 0 Å². The fraction of sp³-hybridized carbons (Fsp3) is 0.688. The third kappa shape index (κ3) is 7.36. The van der Waals surface area contributed by atoms with Gasteiger partial charge in [0.25, 0.3) is 0 Å². The lowest BCUT2D eigenvalue weighted by Gasteiger charge is -2.21. The van der Waals surface area contributed by atoms with Crippen LogP contribution in [0.1, 0.15) is 46.0 Å². The molecule has 3 N–H and O–H groups in total. The summed E-state index contributed by atoms with van der Waals surface area (Å²) in [6, 6.07) is -0.255. The number of nitroso groups, excluding NO2 is 1. The average molecular weight is 309 g/mol. The molecule has 0 spiro atoms. The highest BCUT2D eigenvalue weighted by atomic mass is 16.3. The average Bonchev–Trinajstić information content (AvgIpc) is 2.45. The van der Waals surface area contributed by atoms with Gasteiger partial charge in [-0.25, -0.2) is 4.79 Å². The fourth-order valence-corrected chi connectivity index (χ4v) is 2.33. The highest BCUT2D eigenvalue weighted by molar-refractivity contribution is 5.76. The first-order chi connectivity index (χ1) is 10.5. The van der Waals surface area contributed by atoms with Gasteiger partial charge >= 0.3 is 6.03 Å². The second-order valence-electron chi connectivity index (χ2n) is 5.92. The SMILES string of the molecule is CC(C)C1=CC(NC(=O)NCCCCCCN=O)=CC(O)C1. The number of hydrogen-bond acceptors (Lipinski definition) is 4. The predicted octanol–water partition coefficient (Wildman–Crippen LogP) is 2.84. The second-order valence-corrected chi connectivity index (χ2v) is 5.92. The molecule has 0 aromatic carbocycles. The number of nitrogens with one attached hydrogen (secondary N) is 2. The number of allylic oxidation sites excluding steroid dienone is 1. The monoisotopic (exact) mass is 309 g/mol. The number of carbonyl (C=O) groups excluding carboxylic acids is 1. The standard InChI is InChI=1S/C16H27N3O3/c1-12(2)13-9-14(11-15(20)10-13)19-16(21)17-7-5-3-4-6-8-18-22/h9,11-12,15,20H,3-8,10H2,1-2H3,(H2,17,19,21). The van der Waals surface area contributed by atoms with Gasteiger partial charge in [0.05, 0.1) is 12.6 Å². The molecular weight excluding hydrogens is 282 g/mol. The van der Waals surface area contributed by atoms with Gasteiger partial charge in [0.1, 0.15) is 0 Å². The Kier molecular flexibility index (Phi) is 8.43. The van der Waals surface area contributed by atoms with Gasteiger partial charge in [-0.3, -0.25) is 0 Å². The van der Waals surface area contributed by atoms with Crippen LogP contribution in [0.15, 0.2) is 28.6 Å². The molecule has 0 aromatic rings. The lowest BCUT2D eigenvalue weighted by molar-refractivity contribution is 0.216. The Morgan fingerprint density at radius 3 is 2.77 bits per heavy atom. The van der Waals surface area contributed by atoms with E-state index in [9.17, 15) is 14.8 Å². The summed E-state index contributed by atoms with van der Waals surface area (Å²) in [6.45, 7) is 5.11. The number of aliphatic hydroxyl groups excluding tert-OH is 1. The first-order valence-electron chi connectivity index (χ1n) is 7.97. The Hall–Kier alpha value is -1.69. The molecule has 1 atom stereocenters. The third-order valence-electron chi connectivity index (χ3n) is 3.62. The van der Waals surface area contributed by atoms with E-state index >= 15 is 0 Å². The zero-order valence-electron chi connectivity index (χ0n) is 13.5. The predicted molar refractivity (Wildman–Crippen MR) is 87.3 cm³/mol. The van der Waals surface area contributed by atoms with Gasteiger partial charge in [-0.1, -0.05) is 37.4 Å². The number of aliphatic hydroxyl groups is 1. The zero-order valence-corrected chi connectivity index (χ0v) is 13.5. The molecule has 0 fully saturated rings. The van der Waals surface area contributed by atoms with Gasteiger partial charge < -0.3 is 15.7 Å². The summed E-state index contributed by atoms with van der Waals surface area (Å²) in [4.78, 5) is 21.7. The first kappa shape index (κ1) is 18.4. The van der Waals surface area contributed by atoms with Crippen LogP contribution in [0.5, 0.6) is 0 Å². The van der Waals surface area contributed by atoms with Crippen LogP contribution in [-0.2, 0) is 0 Å². The molecule has 1 rings (SSSR count). The molecule has 0 aromatic heterocycles. The van der Waals surface area contributed by atoms with Gasteiger partial charge in [-0.2, -0.15) is 4.91 Å². The molecule has 6 heteroatoms. The van der Waals surface area contributed by atoms with Gasteiger partial charge in [0.15, 0.2) is 0 Å². The molecule has 1 aliphatic carbocycles. The Labute approximate surface area is 132 Å². The summed E-state index contributed by atoms with van der Waals surface area (Å²) in [5.41, 5.74) is 1.78. The summed E-state index contributed by atoms with van der Waals surface area (Å²) in [5, 5.41) is 18.2. The maximum Gasteiger partial charge on any atom is 0.319 e. The highest BCUT2D eigenvalue weighted by Gasteiger charge is 2.16. The van der Waals surface area contributed by atoms with Gasteiger partial charge in [-0.05, 0) is 37.3 Å². The molecule has 2 amide bonds. The number of amides is 2. The Morgan fingerprint density at radius 2 is 2.09 bits per heavy atom. The molecule has 0 aliphatic heterocycles. The zero-order chi connectivity index (χ0) is 16.4. The smallest absolute Gasteiger partial charge is 0.319 e. The molecule has 0 saturated heterocycles. The van der Waals surface area contributed by atoms with E-state index in [0.717, 1.165) is 31.3 Å². The number of carbonyl (C=O) groups is 1. The molecule has 6 nitrogen and oxygen atoms in total. The van der Waals surface area contributed by atoms with E-state index in [4.69, 9.17) is 0 Å². The molecule has 0 heterocycles. The molecule has 22 heavy (non-hydrogen) atoms. The quantitative estimate of drug-likeness (QED) is 0.452. The van der Waals surface area contributed by atoms with Crippen molar-refractivity contribution in [3.63, 3.8) is 0 Å². The third-order valence-corrected chi connectivity index (χ3v) is 3.62. The molecule has 0 bridgehead atoms. The van der Waals surface area contributed by atoms with Crippen LogP contribution >= 0.6 is 0 Å². The fourth-order valence-electron chi connectivity index (χ4n) is 2.33. The number of unbranched alkanes of at least 4 members (excludes halogenated alkanes) is 3. The Morgan fingerprint density at radius 1 is 1.36 bits per heavy atom. The summed E-state index contributed by atoms with van der Waals surface area (Å²) in [5.74, 6) is 0.351. The molecule has 124 valence electrons. The van der Waals surface area contributed by atoms with Crippen molar-refractivity contribution in [2.75, 3.05) is 13.1 Å². The van der Waals surface area contributed by atoms with Crippen molar-refractivity contribution >= 4 is 6.03 Å². The maximum absolute atomic E-state index is 11.8. The number of hydrogen-bond donors (Lipinski definition) is 3. The van der Waals surface area contributed by atoms with Gasteiger partial charge in [0, 0.05) is 12.2 Å². The van der Waals surface area contributed by atoms with E-state index in [2.05, 4.69) is 29.7 Å². The minimum absolute atomic E-state index is 0.255. The lowest BCUT2D eigenvalue weighted by Crippen LogP contribution is -2.36. The minimum Gasteiger partial charge on any atom is -0.389 e. The topological polar surface area (TPSA) is 90.8 Å². The summed E-state index contributed by atoms with van der Waals surface area (Å²) >= 11 is 0. The molecule has 1 unspecified atom stereocenters. The Balaban J connectivity index is 2.25. The van der Waals surface area contributed by atoms with E-state index < -0.39 is 6.10 Å². The summed E-state index contributed by atoms with van der Waals surface area (Å²) in [7, 11) is 0. The van der Waals surface area contributed by atoms with Crippen LogP contribution in [0.2, 0.25) is 0 Å². The van der Waals surface area contributed by atoms with E-state index in [1.807, 2.05) is 6.08 Å². The van der Waals surface area contributed by atoms with E-state index in [1.54, 1.807) is 6.08 Å². The maximum atomic E-state index is 11.8. The lowest BCUT2D eigenvalue weighted by atomic mass is 9.92. The Bertz CT molecular complexity index is 430. The van der Waals surface area contributed by atoms with Crippen molar-refractivity contribution < 1.29 is 9.90 Å². The van der Waals surface area contributed by atoms with Crippen molar-refractivity contribution in [3.05, 3.63) is 28.3 Å². The molecular formula is C16H27N3O3. The van der Waals surface area contributed by atoms with Crippen LogP contribution in [-0.4, -0.2) is 30.3 Å². The van der Waals surface area contributed by atoms with Crippen molar-refractivity contribution in [2.45, 2.75) is 52.1 Å². The number of urea groups is 1. The van der Waals surface area contributed by atoms with Gasteiger partial charge in [-0.15, -0.1) is 0 Å². The van der Waals surface area contributed by atoms with Crippen LogP contribution in [0.4, 0.5) is 4.79 Å². The van der Waals surface area contributed by atoms with Gasteiger partial charge in [0.2, 0.25) is 0 Å². The van der Waals surface area contributed by atoms with Crippen LogP contribution < -0.4 is 10.6 Å². The number of rotatable bonds is 9. The largest absolute Gasteiger partial charge is 0.389 e. The number of nitrogens with zero attached hydrogens (tertiary/aromatic N) is 1. The van der Waals surface area contributed by atoms with E-state index in [0.29, 0.717) is 31.1 Å². The normalized spacial score (nSPS) is 17.7. The van der Waals surface area contributed by atoms with Crippen LogP contribution in [0.25, 0.3) is 0 Å². The molecule has 0 saturated carbocycles. The molecule has 1 aliphatic rings. The van der Waals surface area contributed by atoms with E-state index in [-0.39, 0.29) is 6.03 Å². The van der Waals surface area contributed by atoms with Crippen molar-refractivity contribution in [3.8, 4) is 0 Å². The van der Waals surface area contributed by atoms with Crippen molar-refractivity contribution in [2.24, 2.45) is 11.1 Å². The molecule has 0 radical (unpaired) electrons.